The summed E-state index contributed by atoms with van der Waals surface area (Å²) in [6.45, 7) is 7.78. The molecule has 5 nitrogen and oxygen atoms in total. The highest BCUT2D eigenvalue weighted by atomic mass is 35.5. The Morgan fingerprint density at radius 3 is 2.37 bits per heavy atom. The summed E-state index contributed by atoms with van der Waals surface area (Å²) in [4.78, 5) is 27.4. The SMILES string of the molecule is CC(C)C(NC(=O)Cc1ccccc1)C(=O)N1CCC2(CCNC2)CC1.Cl. The molecule has 2 fully saturated rings. The summed E-state index contributed by atoms with van der Waals surface area (Å²) in [5.41, 5.74) is 1.36. The van der Waals surface area contributed by atoms with Crippen LogP contribution in [0.5, 0.6) is 0 Å². The highest BCUT2D eigenvalue weighted by Gasteiger charge is 2.39. The Balaban J connectivity index is 0.00000261. The number of rotatable bonds is 5. The number of hydrogen-bond acceptors (Lipinski definition) is 3. The molecule has 6 heteroatoms. The minimum Gasteiger partial charge on any atom is -0.344 e. The number of piperidine rings is 1. The van der Waals surface area contributed by atoms with Crippen molar-refractivity contribution >= 4 is 24.2 Å². The van der Waals surface area contributed by atoms with E-state index in [-0.39, 0.29) is 30.1 Å². The number of likely N-dealkylation sites (tertiary alicyclic amines) is 1. The summed E-state index contributed by atoms with van der Waals surface area (Å²) in [7, 11) is 0. The van der Waals surface area contributed by atoms with Gasteiger partial charge in [0, 0.05) is 19.6 Å². The molecule has 2 aliphatic heterocycles. The van der Waals surface area contributed by atoms with Gasteiger partial charge in [-0.1, -0.05) is 44.2 Å². The molecule has 0 aliphatic carbocycles. The van der Waals surface area contributed by atoms with Crippen molar-refractivity contribution in [2.75, 3.05) is 26.2 Å². The first-order chi connectivity index (χ1) is 12.5. The molecule has 27 heavy (non-hydrogen) atoms. The molecule has 2 aliphatic rings. The highest BCUT2D eigenvalue weighted by molar-refractivity contribution is 5.88. The first-order valence-electron chi connectivity index (χ1n) is 9.82. The fourth-order valence-corrected chi connectivity index (χ4v) is 4.14. The third-order valence-electron chi connectivity index (χ3n) is 5.92. The van der Waals surface area contributed by atoms with Gasteiger partial charge in [-0.25, -0.2) is 0 Å². The maximum absolute atomic E-state index is 13.0. The number of nitrogens with one attached hydrogen (secondary N) is 2. The molecular weight excluding hydrogens is 362 g/mol. The Morgan fingerprint density at radius 2 is 1.81 bits per heavy atom. The van der Waals surface area contributed by atoms with Gasteiger partial charge in [0.15, 0.2) is 0 Å². The summed E-state index contributed by atoms with van der Waals surface area (Å²) in [6.07, 6.45) is 3.66. The van der Waals surface area contributed by atoms with Gasteiger partial charge in [-0.2, -0.15) is 0 Å². The van der Waals surface area contributed by atoms with E-state index in [2.05, 4.69) is 10.6 Å². The maximum Gasteiger partial charge on any atom is 0.245 e. The fraction of sp³-hybridized carbons (Fsp3) is 0.619. The zero-order valence-electron chi connectivity index (χ0n) is 16.4. The number of hydrogen-bond donors (Lipinski definition) is 2. The molecule has 3 rings (SSSR count). The molecule has 1 aromatic rings. The van der Waals surface area contributed by atoms with E-state index in [9.17, 15) is 9.59 Å². The summed E-state index contributed by atoms with van der Waals surface area (Å²) in [5, 5.41) is 6.44. The average molecular weight is 394 g/mol. The first kappa shape index (κ1) is 21.7. The summed E-state index contributed by atoms with van der Waals surface area (Å²) < 4.78 is 0. The molecule has 0 aromatic heterocycles. The molecule has 0 radical (unpaired) electrons. The van der Waals surface area contributed by atoms with Gasteiger partial charge in [0.05, 0.1) is 6.42 Å². The Kier molecular flexibility index (Phi) is 7.68. The predicted molar refractivity (Wildman–Crippen MR) is 110 cm³/mol. The van der Waals surface area contributed by atoms with E-state index < -0.39 is 6.04 Å². The van der Waals surface area contributed by atoms with Crippen LogP contribution in [0.4, 0.5) is 0 Å². The lowest BCUT2D eigenvalue weighted by Gasteiger charge is -2.40. The van der Waals surface area contributed by atoms with Gasteiger partial charge < -0.3 is 15.5 Å². The topological polar surface area (TPSA) is 61.4 Å². The molecular formula is C21H32ClN3O2. The Labute approximate surface area is 168 Å². The monoisotopic (exact) mass is 393 g/mol. The molecule has 1 unspecified atom stereocenters. The summed E-state index contributed by atoms with van der Waals surface area (Å²) in [5.74, 6) is 0.0604. The third-order valence-corrected chi connectivity index (χ3v) is 5.92. The van der Waals surface area contributed by atoms with Crippen LogP contribution in [0.2, 0.25) is 0 Å². The Bertz CT molecular complexity index is 620. The predicted octanol–water partition coefficient (Wildman–Crippen LogP) is 2.39. The van der Waals surface area contributed by atoms with Crippen LogP contribution >= 0.6 is 12.4 Å². The van der Waals surface area contributed by atoms with E-state index in [0.717, 1.165) is 44.6 Å². The van der Waals surface area contributed by atoms with E-state index in [1.54, 1.807) is 0 Å². The van der Waals surface area contributed by atoms with Gasteiger partial charge in [-0.05, 0) is 42.7 Å². The first-order valence-corrected chi connectivity index (χ1v) is 9.82. The van der Waals surface area contributed by atoms with Gasteiger partial charge in [0.1, 0.15) is 6.04 Å². The van der Waals surface area contributed by atoms with Crippen LogP contribution in [-0.4, -0.2) is 48.9 Å². The minimum atomic E-state index is -0.443. The van der Waals surface area contributed by atoms with Crippen molar-refractivity contribution < 1.29 is 9.59 Å². The molecule has 0 bridgehead atoms. The zero-order valence-corrected chi connectivity index (χ0v) is 17.2. The number of carbonyl (C=O) groups excluding carboxylic acids is 2. The zero-order chi connectivity index (χ0) is 18.6. The molecule has 2 amide bonds. The molecule has 1 spiro atoms. The molecule has 2 heterocycles. The second kappa shape index (κ2) is 9.56. The number of amides is 2. The largest absolute Gasteiger partial charge is 0.344 e. The summed E-state index contributed by atoms with van der Waals surface area (Å²) >= 11 is 0. The number of benzene rings is 1. The Morgan fingerprint density at radius 1 is 1.15 bits per heavy atom. The van der Waals surface area contributed by atoms with Crippen molar-refractivity contribution in [3.8, 4) is 0 Å². The Hall–Kier alpha value is -1.59. The van der Waals surface area contributed by atoms with E-state index in [1.807, 2.05) is 49.1 Å². The van der Waals surface area contributed by atoms with Gasteiger partial charge in [-0.3, -0.25) is 9.59 Å². The van der Waals surface area contributed by atoms with Gasteiger partial charge >= 0.3 is 0 Å². The van der Waals surface area contributed by atoms with E-state index in [4.69, 9.17) is 0 Å². The lowest BCUT2D eigenvalue weighted by molar-refractivity contribution is -0.139. The molecule has 1 atom stereocenters. The molecule has 1 aromatic carbocycles. The van der Waals surface area contributed by atoms with Gasteiger partial charge in [0.2, 0.25) is 11.8 Å². The normalized spacial score (nSPS) is 19.6. The lowest BCUT2D eigenvalue weighted by Crippen LogP contribution is -2.54. The number of carbonyl (C=O) groups is 2. The van der Waals surface area contributed by atoms with Gasteiger partial charge in [-0.15, -0.1) is 12.4 Å². The van der Waals surface area contributed by atoms with E-state index in [0.29, 0.717) is 11.8 Å². The third kappa shape index (κ3) is 5.45. The van der Waals surface area contributed by atoms with Crippen LogP contribution in [0.15, 0.2) is 30.3 Å². The molecule has 0 saturated carbocycles. The van der Waals surface area contributed by atoms with E-state index >= 15 is 0 Å². The van der Waals surface area contributed by atoms with Crippen LogP contribution in [0.1, 0.15) is 38.7 Å². The number of halogens is 1. The highest BCUT2D eigenvalue weighted by Crippen LogP contribution is 2.37. The van der Waals surface area contributed by atoms with Crippen molar-refractivity contribution in [3.63, 3.8) is 0 Å². The van der Waals surface area contributed by atoms with Crippen LogP contribution in [-0.2, 0) is 16.0 Å². The van der Waals surface area contributed by atoms with Crippen LogP contribution < -0.4 is 10.6 Å². The second-order valence-corrected chi connectivity index (χ2v) is 8.20. The van der Waals surface area contributed by atoms with Crippen molar-refractivity contribution in [1.82, 2.24) is 15.5 Å². The smallest absolute Gasteiger partial charge is 0.245 e. The van der Waals surface area contributed by atoms with Crippen molar-refractivity contribution in [1.29, 1.82) is 0 Å². The standard InChI is InChI=1S/C21H31N3O2.ClH/c1-16(2)19(23-18(25)14-17-6-4-3-5-7-17)20(26)24-12-9-21(10-13-24)8-11-22-15-21;/h3-7,16,19,22H,8-15H2,1-2H3,(H,23,25);1H. The quantitative estimate of drug-likeness (QED) is 0.807. The fourth-order valence-electron chi connectivity index (χ4n) is 4.14. The summed E-state index contributed by atoms with van der Waals surface area (Å²) in [6, 6.07) is 9.22. The van der Waals surface area contributed by atoms with Crippen LogP contribution in [0.3, 0.4) is 0 Å². The van der Waals surface area contributed by atoms with Crippen LogP contribution in [0.25, 0.3) is 0 Å². The minimum absolute atomic E-state index is 0. The lowest BCUT2D eigenvalue weighted by atomic mass is 9.77. The molecule has 2 saturated heterocycles. The number of nitrogens with zero attached hydrogens (tertiary/aromatic N) is 1. The van der Waals surface area contributed by atoms with Crippen LogP contribution in [0, 0.1) is 11.3 Å². The van der Waals surface area contributed by atoms with Crippen molar-refractivity contribution in [2.24, 2.45) is 11.3 Å². The second-order valence-electron chi connectivity index (χ2n) is 8.20. The van der Waals surface area contributed by atoms with Gasteiger partial charge in [0.25, 0.3) is 0 Å². The van der Waals surface area contributed by atoms with Crippen molar-refractivity contribution in [2.45, 2.75) is 45.6 Å². The average Bonchev–Trinajstić information content (AvgIpc) is 3.08. The maximum atomic E-state index is 13.0. The molecule has 150 valence electrons. The van der Waals surface area contributed by atoms with Crippen molar-refractivity contribution in [3.05, 3.63) is 35.9 Å². The van der Waals surface area contributed by atoms with E-state index in [1.165, 1.54) is 6.42 Å². The molecule has 2 N–H and O–H groups in total.